The molecule has 1 aliphatic rings. The number of nitrogens with zero attached hydrogens (tertiary/aromatic N) is 2. The molecule has 0 aromatic heterocycles. The number of nitrogens with one attached hydrogen (secondary N) is 1. The Balaban J connectivity index is 1.69. The van der Waals surface area contributed by atoms with Crippen molar-refractivity contribution in [2.75, 3.05) is 18.0 Å². The van der Waals surface area contributed by atoms with E-state index in [-0.39, 0.29) is 29.1 Å². The summed E-state index contributed by atoms with van der Waals surface area (Å²) < 4.78 is 34.1. The summed E-state index contributed by atoms with van der Waals surface area (Å²) in [5.74, 6) is -0.244. The average Bonchev–Trinajstić information content (AvgIpc) is 3.47. The number of anilines is 1. The van der Waals surface area contributed by atoms with Crippen molar-refractivity contribution >= 4 is 50.7 Å². The minimum atomic E-state index is -4.22. The number of carbonyl (C=O) groups is 2. The molecule has 3 aromatic carbocycles. The number of methoxy groups -OCH3 is 1. The second-order valence-corrected chi connectivity index (χ2v) is 12.7. The monoisotopic (exact) mass is 617 g/mol. The number of halogens is 2. The molecule has 11 heteroatoms. The van der Waals surface area contributed by atoms with Crippen molar-refractivity contribution in [3.63, 3.8) is 0 Å². The molecule has 0 spiro atoms. The van der Waals surface area contributed by atoms with E-state index in [0.29, 0.717) is 15.8 Å². The Bertz CT molecular complexity index is 1480. The maximum Gasteiger partial charge on any atom is 0.264 e. The summed E-state index contributed by atoms with van der Waals surface area (Å²) in [6, 6.07) is 18.3. The summed E-state index contributed by atoms with van der Waals surface area (Å²) in [6.45, 7) is 1.16. The van der Waals surface area contributed by atoms with Gasteiger partial charge in [0.2, 0.25) is 11.8 Å². The first-order chi connectivity index (χ1) is 19.6. The van der Waals surface area contributed by atoms with E-state index in [1.54, 1.807) is 50.4 Å². The Hall–Kier alpha value is -3.27. The molecule has 4 rings (SSSR count). The number of carbonyl (C=O) groups excluding carboxylic acids is 2. The zero-order valence-electron chi connectivity index (χ0n) is 22.9. The van der Waals surface area contributed by atoms with Crippen LogP contribution in [-0.4, -0.2) is 50.9 Å². The molecule has 8 nitrogen and oxygen atoms in total. The normalized spacial score (nSPS) is 14.3. The van der Waals surface area contributed by atoms with Gasteiger partial charge in [-0.1, -0.05) is 54.2 Å². The van der Waals surface area contributed by atoms with Crippen LogP contribution in [0.15, 0.2) is 77.7 Å². The topological polar surface area (TPSA) is 96.0 Å². The van der Waals surface area contributed by atoms with Crippen LogP contribution < -0.4 is 14.4 Å². The van der Waals surface area contributed by atoms with Crippen molar-refractivity contribution in [3.8, 4) is 5.75 Å². The van der Waals surface area contributed by atoms with Crippen LogP contribution in [0.5, 0.6) is 5.75 Å². The van der Waals surface area contributed by atoms with Crippen LogP contribution in [0.2, 0.25) is 10.0 Å². The van der Waals surface area contributed by atoms with Crippen molar-refractivity contribution in [3.05, 3.63) is 88.4 Å². The molecular formula is C30H33Cl2N3O5S. The minimum Gasteiger partial charge on any atom is -0.497 e. The molecule has 1 saturated carbocycles. The van der Waals surface area contributed by atoms with E-state index in [4.69, 9.17) is 27.9 Å². The van der Waals surface area contributed by atoms with E-state index < -0.39 is 28.5 Å². The summed E-state index contributed by atoms with van der Waals surface area (Å²) in [7, 11) is -2.67. The van der Waals surface area contributed by atoms with Gasteiger partial charge in [-0.05, 0) is 79.9 Å². The van der Waals surface area contributed by atoms with Crippen molar-refractivity contribution in [1.82, 2.24) is 10.2 Å². The number of sulfonamides is 1. The molecule has 1 N–H and O–H groups in total. The molecule has 41 heavy (non-hydrogen) atoms. The molecule has 218 valence electrons. The second-order valence-electron chi connectivity index (χ2n) is 9.98. The lowest BCUT2D eigenvalue weighted by Gasteiger charge is -2.32. The van der Waals surface area contributed by atoms with Gasteiger partial charge in [-0.3, -0.25) is 13.9 Å². The largest absolute Gasteiger partial charge is 0.497 e. The van der Waals surface area contributed by atoms with Crippen LogP contribution in [-0.2, 0) is 26.2 Å². The van der Waals surface area contributed by atoms with Gasteiger partial charge in [0.1, 0.15) is 18.3 Å². The first kappa shape index (κ1) is 30.7. The smallest absolute Gasteiger partial charge is 0.264 e. The summed E-state index contributed by atoms with van der Waals surface area (Å²) in [4.78, 5) is 28.7. The second kappa shape index (κ2) is 13.6. The van der Waals surface area contributed by atoms with Crippen molar-refractivity contribution < 1.29 is 22.7 Å². The van der Waals surface area contributed by atoms with Crippen molar-refractivity contribution in [2.45, 2.75) is 56.1 Å². The van der Waals surface area contributed by atoms with Crippen LogP contribution in [0.3, 0.4) is 0 Å². The fourth-order valence-electron chi connectivity index (χ4n) is 4.84. The Kier molecular flexibility index (Phi) is 10.2. The highest BCUT2D eigenvalue weighted by molar-refractivity contribution is 7.92. The molecule has 0 saturated heterocycles. The first-order valence-electron chi connectivity index (χ1n) is 13.3. The lowest BCUT2D eigenvalue weighted by Crippen LogP contribution is -2.52. The number of hydrogen-bond acceptors (Lipinski definition) is 5. The molecule has 1 fully saturated rings. The van der Waals surface area contributed by atoms with Gasteiger partial charge in [0.25, 0.3) is 10.0 Å². The summed E-state index contributed by atoms with van der Waals surface area (Å²) >= 11 is 12.2. The minimum absolute atomic E-state index is 0.0407. The third-order valence-corrected chi connectivity index (χ3v) is 9.41. The van der Waals surface area contributed by atoms with E-state index in [0.717, 1.165) is 35.6 Å². The highest BCUT2D eigenvalue weighted by Crippen LogP contribution is 2.28. The quantitative estimate of drug-likeness (QED) is 0.299. The number of benzene rings is 3. The van der Waals surface area contributed by atoms with Gasteiger partial charge in [0.05, 0.1) is 17.7 Å². The van der Waals surface area contributed by atoms with E-state index >= 15 is 0 Å². The molecule has 2 amide bonds. The Morgan fingerprint density at radius 2 is 1.66 bits per heavy atom. The number of hydrogen-bond donors (Lipinski definition) is 1. The van der Waals surface area contributed by atoms with Gasteiger partial charge in [-0.2, -0.15) is 0 Å². The predicted octanol–water partition coefficient (Wildman–Crippen LogP) is 5.67. The van der Waals surface area contributed by atoms with Crippen LogP contribution in [0.25, 0.3) is 0 Å². The van der Waals surface area contributed by atoms with Gasteiger partial charge < -0.3 is 15.0 Å². The fourth-order valence-corrected chi connectivity index (χ4v) is 6.55. The summed E-state index contributed by atoms with van der Waals surface area (Å²) in [5.41, 5.74) is 0.943. The molecule has 0 aliphatic heterocycles. The van der Waals surface area contributed by atoms with E-state index in [1.165, 1.54) is 35.2 Å². The van der Waals surface area contributed by atoms with Gasteiger partial charge >= 0.3 is 0 Å². The lowest BCUT2D eigenvalue weighted by atomic mass is 10.1. The molecule has 3 aromatic rings. The zero-order chi connectivity index (χ0) is 29.6. The molecule has 0 unspecified atom stereocenters. The van der Waals surface area contributed by atoms with Crippen molar-refractivity contribution in [2.24, 2.45) is 0 Å². The number of ether oxygens (including phenoxy) is 1. The average molecular weight is 619 g/mol. The SMILES string of the molecule is COc1cccc(CN(C(=O)CN(c2cccc(Cl)c2)S(=O)(=O)c2ccc(Cl)cc2)[C@@H](C)C(=O)NC2CCCC2)c1. The molecule has 0 heterocycles. The number of amides is 2. The highest BCUT2D eigenvalue weighted by atomic mass is 35.5. The van der Waals surface area contributed by atoms with Crippen LogP contribution in [0, 0.1) is 0 Å². The summed E-state index contributed by atoms with van der Waals surface area (Å²) in [6.07, 6.45) is 3.88. The van der Waals surface area contributed by atoms with Crippen LogP contribution in [0.1, 0.15) is 38.2 Å². The molecule has 0 bridgehead atoms. The predicted molar refractivity (Wildman–Crippen MR) is 161 cm³/mol. The zero-order valence-corrected chi connectivity index (χ0v) is 25.3. The van der Waals surface area contributed by atoms with Crippen molar-refractivity contribution in [1.29, 1.82) is 0 Å². The summed E-state index contributed by atoms with van der Waals surface area (Å²) in [5, 5.41) is 3.74. The highest BCUT2D eigenvalue weighted by Gasteiger charge is 2.33. The Labute approximate surface area is 251 Å². The molecule has 1 aliphatic carbocycles. The molecule has 1 atom stereocenters. The maximum absolute atomic E-state index is 14.0. The van der Waals surface area contributed by atoms with Gasteiger partial charge in [-0.25, -0.2) is 8.42 Å². The lowest BCUT2D eigenvalue weighted by molar-refractivity contribution is -0.139. The van der Waals surface area contributed by atoms with Crippen LogP contribution in [0.4, 0.5) is 5.69 Å². The van der Waals surface area contributed by atoms with Gasteiger partial charge in [-0.15, -0.1) is 0 Å². The van der Waals surface area contributed by atoms with Gasteiger partial charge in [0, 0.05) is 22.6 Å². The molecular weight excluding hydrogens is 585 g/mol. The molecule has 0 radical (unpaired) electrons. The third-order valence-electron chi connectivity index (χ3n) is 7.13. The van der Waals surface area contributed by atoms with Gasteiger partial charge in [0.15, 0.2) is 0 Å². The first-order valence-corrected chi connectivity index (χ1v) is 15.5. The third kappa shape index (κ3) is 7.72. The van der Waals surface area contributed by atoms with E-state index in [2.05, 4.69) is 5.32 Å². The standard InChI is InChI=1S/C30H33Cl2N3O5S/c1-21(30(37)33-25-9-3-4-10-25)34(19-22-7-5-12-27(17-22)40-2)29(36)20-35(26-11-6-8-24(32)18-26)41(38,39)28-15-13-23(31)14-16-28/h5-8,11-18,21,25H,3-4,9-10,19-20H2,1-2H3,(H,33,37)/t21-/m0/s1. The Morgan fingerprint density at radius 3 is 2.32 bits per heavy atom. The number of rotatable bonds is 11. The maximum atomic E-state index is 14.0. The Morgan fingerprint density at radius 1 is 0.976 bits per heavy atom. The fraction of sp³-hybridized carbons (Fsp3) is 0.333. The van der Waals surface area contributed by atoms with Crippen LogP contribution >= 0.6 is 23.2 Å². The van der Waals surface area contributed by atoms with E-state index in [9.17, 15) is 18.0 Å². The van der Waals surface area contributed by atoms with E-state index in [1.807, 2.05) is 6.07 Å².